The van der Waals surface area contributed by atoms with E-state index in [1.807, 2.05) is 0 Å². The van der Waals surface area contributed by atoms with Gasteiger partial charge in [0.2, 0.25) is 0 Å². The maximum atomic E-state index is 5.88. The van der Waals surface area contributed by atoms with Crippen LogP contribution < -0.4 is 10.6 Å². The Balaban J connectivity index is 0.00000264. The van der Waals surface area contributed by atoms with Gasteiger partial charge in [-0.05, 0) is 44.8 Å². The average molecular weight is 457 g/mol. The SMILES string of the molecule is CCNC(=NCC1CCCS1)NCCCOC1CCOCC1.I. The fourth-order valence-electron chi connectivity index (χ4n) is 2.69. The lowest BCUT2D eigenvalue weighted by Crippen LogP contribution is -2.38. The maximum Gasteiger partial charge on any atom is 0.191 e. The Hall–Kier alpha value is 0.270. The Kier molecular flexibility index (Phi) is 12.6. The number of nitrogens with zero attached hydrogens (tertiary/aromatic N) is 1. The van der Waals surface area contributed by atoms with Crippen molar-refractivity contribution in [1.29, 1.82) is 0 Å². The lowest BCUT2D eigenvalue weighted by atomic mass is 10.1. The maximum absolute atomic E-state index is 5.88. The number of hydrogen-bond donors (Lipinski definition) is 2. The van der Waals surface area contributed by atoms with Crippen molar-refractivity contribution in [2.24, 2.45) is 4.99 Å². The fourth-order valence-corrected chi connectivity index (χ4v) is 3.87. The Labute approximate surface area is 162 Å². The first-order valence-corrected chi connectivity index (χ1v) is 9.76. The van der Waals surface area contributed by atoms with Crippen molar-refractivity contribution in [1.82, 2.24) is 10.6 Å². The van der Waals surface area contributed by atoms with Crippen LogP contribution in [0.4, 0.5) is 0 Å². The third kappa shape index (κ3) is 9.36. The number of rotatable bonds is 8. The summed E-state index contributed by atoms with van der Waals surface area (Å²) >= 11 is 2.06. The highest BCUT2D eigenvalue weighted by molar-refractivity contribution is 14.0. The molecule has 0 aliphatic carbocycles. The zero-order valence-corrected chi connectivity index (χ0v) is 17.4. The summed E-state index contributed by atoms with van der Waals surface area (Å²) in [7, 11) is 0. The second-order valence-electron chi connectivity index (χ2n) is 5.82. The van der Waals surface area contributed by atoms with Crippen LogP contribution in [0.2, 0.25) is 0 Å². The summed E-state index contributed by atoms with van der Waals surface area (Å²) in [6, 6.07) is 0. The molecule has 0 bridgehead atoms. The van der Waals surface area contributed by atoms with E-state index in [2.05, 4.69) is 29.3 Å². The second kappa shape index (κ2) is 13.5. The summed E-state index contributed by atoms with van der Waals surface area (Å²) in [6.45, 7) is 7.36. The summed E-state index contributed by atoms with van der Waals surface area (Å²) in [5.41, 5.74) is 0. The smallest absolute Gasteiger partial charge is 0.191 e. The Bertz CT molecular complexity index is 322. The predicted molar refractivity (Wildman–Crippen MR) is 109 cm³/mol. The van der Waals surface area contributed by atoms with Gasteiger partial charge in [0.1, 0.15) is 0 Å². The largest absolute Gasteiger partial charge is 0.381 e. The van der Waals surface area contributed by atoms with E-state index in [0.29, 0.717) is 11.4 Å². The Morgan fingerprint density at radius 2 is 2.09 bits per heavy atom. The topological polar surface area (TPSA) is 54.9 Å². The van der Waals surface area contributed by atoms with Crippen LogP contribution in [-0.4, -0.2) is 62.5 Å². The molecule has 2 rings (SSSR count). The van der Waals surface area contributed by atoms with Gasteiger partial charge in [-0.25, -0.2) is 0 Å². The van der Waals surface area contributed by atoms with Crippen molar-refractivity contribution in [3.63, 3.8) is 0 Å². The van der Waals surface area contributed by atoms with E-state index in [-0.39, 0.29) is 24.0 Å². The number of thioether (sulfide) groups is 1. The van der Waals surface area contributed by atoms with Crippen molar-refractivity contribution in [2.45, 2.75) is 50.4 Å². The molecule has 5 nitrogen and oxygen atoms in total. The molecule has 1 atom stereocenters. The van der Waals surface area contributed by atoms with Gasteiger partial charge in [0, 0.05) is 38.2 Å². The highest BCUT2D eigenvalue weighted by Crippen LogP contribution is 2.25. The Morgan fingerprint density at radius 3 is 2.78 bits per heavy atom. The summed E-state index contributed by atoms with van der Waals surface area (Å²) in [4.78, 5) is 4.70. The van der Waals surface area contributed by atoms with Crippen LogP contribution in [0.25, 0.3) is 0 Å². The van der Waals surface area contributed by atoms with Crippen LogP contribution in [0.15, 0.2) is 4.99 Å². The zero-order chi connectivity index (χ0) is 15.5. The second-order valence-corrected chi connectivity index (χ2v) is 7.23. The van der Waals surface area contributed by atoms with Crippen LogP contribution in [0.5, 0.6) is 0 Å². The first kappa shape index (κ1) is 21.3. The summed E-state index contributed by atoms with van der Waals surface area (Å²) in [6.07, 6.45) is 6.15. The first-order chi connectivity index (χ1) is 10.9. The molecule has 0 saturated carbocycles. The molecule has 0 spiro atoms. The van der Waals surface area contributed by atoms with Gasteiger partial charge < -0.3 is 20.1 Å². The average Bonchev–Trinajstić information content (AvgIpc) is 3.06. The van der Waals surface area contributed by atoms with E-state index in [4.69, 9.17) is 14.5 Å². The quantitative estimate of drug-likeness (QED) is 0.254. The lowest BCUT2D eigenvalue weighted by molar-refractivity contribution is -0.0320. The number of aliphatic imine (C=N–C) groups is 1. The molecule has 0 aromatic carbocycles. The molecule has 2 heterocycles. The van der Waals surface area contributed by atoms with Crippen LogP contribution >= 0.6 is 35.7 Å². The minimum absolute atomic E-state index is 0. The van der Waals surface area contributed by atoms with Gasteiger partial charge in [0.05, 0.1) is 12.6 Å². The van der Waals surface area contributed by atoms with E-state index in [1.54, 1.807) is 0 Å². The molecule has 0 aromatic heterocycles. The molecule has 2 saturated heterocycles. The normalized spacial score (nSPS) is 22.7. The third-order valence-electron chi connectivity index (χ3n) is 3.96. The van der Waals surface area contributed by atoms with Crippen molar-refractivity contribution in [3.8, 4) is 0 Å². The minimum atomic E-state index is 0. The van der Waals surface area contributed by atoms with Gasteiger partial charge in [0.25, 0.3) is 0 Å². The molecule has 2 N–H and O–H groups in total. The standard InChI is InChI=1S/C16H31N3O2S.HI/c1-2-17-16(19-13-15-5-3-12-22-15)18-8-4-9-21-14-6-10-20-11-7-14;/h14-15H,2-13H2,1H3,(H2,17,18,19);1H. The van der Waals surface area contributed by atoms with E-state index < -0.39 is 0 Å². The van der Waals surface area contributed by atoms with Crippen molar-refractivity contribution in [2.75, 3.05) is 45.2 Å². The van der Waals surface area contributed by atoms with Gasteiger partial charge in [-0.3, -0.25) is 4.99 Å². The molecule has 0 aromatic rings. The van der Waals surface area contributed by atoms with Crippen LogP contribution in [-0.2, 0) is 9.47 Å². The molecule has 7 heteroatoms. The highest BCUT2D eigenvalue weighted by atomic mass is 127. The summed E-state index contributed by atoms with van der Waals surface area (Å²) < 4.78 is 11.2. The number of ether oxygens (including phenoxy) is 2. The van der Waals surface area contributed by atoms with E-state index in [1.165, 1.54) is 18.6 Å². The van der Waals surface area contributed by atoms with Crippen LogP contribution in [0, 0.1) is 0 Å². The molecular formula is C16H32IN3O2S. The first-order valence-electron chi connectivity index (χ1n) is 8.71. The summed E-state index contributed by atoms with van der Waals surface area (Å²) in [5.74, 6) is 2.24. The Morgan fingerprint density at radius 1 is 1.26 bits per heavy atom. The van der Waals surface area contributed by atoms with Gasteiger partial charge in [-0.2, -0.15) is 11.8 Å². The molecule has 23 heavy (non-hydrogen) atoms. The third-order valence-corrected chi connectivity index (χ3v) is 5.34. The fraction of sp³-hybridized carbons (Fsp3) is 0.938. The zero-order valence-electron chi connectivity index (χ0n) is 14.2. The van der Waals surface area contributed by atoms with Crippen LogP contribution in [0.3, 0.4) is 0 Å². The van der Waals surface area contributed by atoms with Gasteiger partial charge in [-0.1, -0.05) is 0 Å². The van der Waals surface area contributed by atoms with Crippen molar-refractivity contribution < 1.29 is 9.47 Å². The molecular weight excluding hydrogens is 425 g/mol. The van der Waals surface area contributed by atoms with Crippen molar-refractivity contribution >= 4 is 41.7 Å². The molecule has 2 aliphatic rings. The lowest BCUT2D eigenvalue weighted by Gasteiger charge is -2.22. The van der Waals surface area contributed by atoms with E-state index >= 15 is 0 Å². The van der Waals surface area contributed by atoms with Gasteiger partial charge in [0.15, 0.2) is 5.96 Å². The monoisotopic (exact) mass is 457 g/mol. The highest BCUT2D eigenvalue weighted by Gasteiger charge is 2.15. The molecule has 2 aliphatic heterocycles. The number of nitrogens with one attached hydrogen (secondary N) is 2. The molecule has 0 radical (unpaired) electrons. The minimum Gasteiger partial charge on any atom is -0.381 e. The van der Waals surface area contributed by atoms with E-state index in [0.717, 1.165) is 64.7 Å². The molecule has 136 valence electrons. The number of halogens is 1. The van der Waals surface area contributed by atoms with Gasteiger partial charge >= 0.3 is 0 Å². The number of hydrogen-bond acceptors (Lipinski definition) is 4. The predicted octanol–water partition coefficient (Wildman–Crippen LogP) is 2.64. The molecule has 2 fully saturated rings. The van der Waals surface area contributed by atoms with Crippen molar-refractivity contribution in [3.05, 3.63) is 0 Å². The van der Waals surface area contributed by atoms with Gasteiger partial charge in [-0.15, -0.1) is 24.0 Å². The summed E-state index contributed by atoms with van der Waals surface area (Å²) in [5, 5.41) is 7.44. The molecule has 0 amide bonds. The number of guanidine groups is 1. The molecule has 1 unspecified atom stereocenters. The van der Waals surface area contributed by atoms with E-state index in [9.17, 15) is 0 Å². The van der Waals surface area contributed by atoms with Crippen LogP contribution in [0.1, 0.15) is 39.0 Å².